The molecule has 0 fully saturated rings. The topological polar surface area (TPSA) is 63.1 Å². The molecule has 1 N–H and O–H groups in total. The summed E-state index contributed by atoms with van der Waals surface area (Å²) in [4.78, 5) is 19.8. The van der Waals surface area contributed by atoms with Gasteiger partial charge in [0.15, 0.2) is 11.0 Å². The Morgan fingerprint density at radius 2 is 1.77 bits per heavy atom. The van der Waals surface area contributed by atoms with Gasteiger partial charge in [0.1, 0.15) is 10.8 Å². The van der Waals surface area contributed by atoms with E-state index in [4.69, 9.17) is 23.2 Å². The number of pyridine rings is 1. The molecule has 2 aromatic carbocycles. The van der Waals surface area contributed by atoms with Crippen LogP contribution in [0.1, 0.15) is 5.69 Å². The van der Waals surface area contributed by atoms with E-state index in [9.17, 15) is 9.18 Å². The Labute approximate surface area is 179 Å². The van der Waals surface area contributed by atoms with Crippen molar-refractivity contribution >= 4 is 39.6 Å². The van der Waals surface area contributed by atoms with Crippen LogP contribution in [-0.4, -0.2) is 19.6 Å². The molecule has 3 heterocycles. The van der Waals surface area contributed by atoms with Gasteiger partial charge in [-0.2, -0.15) is 9.61 Å². The van der Waals surface area contributed by atoms with Gasteiger partial charge in [0.05, 0.1) is 11.4 Å². The SMILES string of the molecule is Cc1nn2c(=O)cc(-c3cc(F)c(Cl)nc3Cl)[nH]c2c1-c1cccc2ccccc12. The van der Waals surface area contributed by atoms with Crippen LogP contribution in [-0.2, 0) is 0 Å². The van der Waals surface area contributed by atoms with Crippen molar-refractivity contribution in [2.75, 3.05) is 0 Å². The molecule has 0 amide bonds. The summed E-state index contributed by atoms with van der Waals surface area (Å²) in [6.07, 6.45) is 0. The molecule has 0 atom stereocenters. The third kappa shape index (κ3) is 2.88. The Morgan fingerprint density at radius 3 is 2.60 bits per heavy atom. The van der Waals surface area contributed by atoms with Crippen LogP contribution in [0.3, 0.4) is 0 Å². The van der Waals surface area contributed by atoms with Gasteiger partial charge in [-0.3, -0.25) is 4.79 Å². The quantitative estimate of drug-likeness (QED) is 0.361. The molecule has 5 nitrogen and oxygen atoms in total. The zero-order valence-corrected chi connectivity index (χ0v) is 17.1. The summed E-state index contributed by atoms with van der Waals surface area (Å²) in [5, 5.41) is 6.17. The fraction of sp³-hybridized carbons (Fsp3) is 0.0455. The highest BCUT2D eigenvalue weighted by Gasteiger charge is 2.19. The zero-order chi connectivity index (χ0) is 21.0. The molecule has 0 aliphatic carbocycles. The summed E-state index contributed by atoms with van der Waals surface area (Å²) in [5.74, 6) is -0.726. The van der Waals surface area contributed by atoms with Gasteiger partial charge in [-0.1, -0.05) is 65.7 Å². The molecule has 0 bridgehead atoms. The normalized spacial score (nSPS) is 11.5. The van der Waals surface area contributed by atoms with E-state index in [0.717, 1.165) is 28.0 Å². The number of fused-ring (bicyclic) bond motifs is 2. The molecule has 5 aromatic rings. The average Bonchev–Trinajstić information content (AvgIpc) is 3.06. The molecule has 0 spiro atoms. The van der Waals surface area contributed by atoms with E-state index in [-0.39, 0.29) is 21.4 Å². The Hall–Kier alpha value is -3.22. The maximum absolute atomic E-state index is 14.0. The number of nitrogens with one attached hydrogen (secondary N) is 1. The number of H-pyrrole nitrogens is 1. The highest BCUT2D eigenvalue weighted by Crippen LogP contribution is 2.34. The van der Waals surface area contributed by atoms with Gasteiger partial charge in [0.2, 0.25) is 0 Å². The van der Waals surface area contributed by atoms with Crippen molar-refractivity contribution in [2.24, 2.45) is 0 Å². The fourth-order valence-electron chi connectivity index (χ4n) is 3.70. The Kier molecular flexibility index (Phi) is 4.34. The molecule has 8 heteroatoms. The number of hydrogen-bond donors (Lipinski definition) is 1. The number of rotatable bonds is 2. The Bertz CT molecular complexity index is 1520. The minimum Gasteiger partial charge on any atom is -0.339 e. The second-order valence-electron chi connectivity index (χ2n) is 6.87. The summed E-state index contributed by atoms with van der Waals surface area (Å²) in [7, 11) is 0. The van der Waals surface area contributed by atoms with Crippen LogP contribution in [0.25, 0.3) is 38.8 Å². The number of aromatic amines is 1. The Balaban J connectivity index is 1.84. The molecule has 30 heavy (non-hydrogen) atoms. The van der Waals surface area contributed by atoms with Gasteiger partial charge in [-0.25, -0.2) is 9.37 Å². The molecule has 0 saturated carbocycles. The summed E-state index contributed by atoms with van der Waals surface area (Å²) >= 11 is 11.9. The smallest absolute Gasteiger partial charge is 0.274 e. The van der Waals surface area contributed by atoms with Crippen LogP contribution in [0.15, 0.2) is 59.4 Å². The number of benzene rings is 2. The van der Waals surface area contributed by atoms with Crippen molar-refractivity contribution in [1.29, 1.82) is 0 Å². The summed E-state index contributed by atoms with van der Waals surface area (Å²) < 4.78 is 15.3. The predicted octanol–water partition coefficient (Wildman–Crippen LogP) is 5.66. The molecule has 0 unspecified atom stereocenters. The maximum atomic E-state index is 14.0. The highest BCUT2D eigenvalue weighted by molar-refractivity contribution is 6.34. The minimum atomic E-state index is -0.726. The van der Waals surface area contributed by atoms with E-state index in [0.29, 0.717) is 17.0 Å². The first-order valence-electron chi connectivity index (χ1n) is 9.07. The monoisotopic (exact) mass is 438 g/mol. The predicted molar refractivity (Wildman–Crippen MR) is 117 cm³/mol. The zero-order valence-electron chi connectivity index (χ0n) is 15.6. The molecule has 3 aromatic heterocycles. The number of aryl methyl sites for hydroxylation is 1. The van der Waals surface area contributed by atoms with Crippen LogP contribution in [0.5, 0.6) is 0 Å². The lowest BCUT2D eigenvalue weighted by atomic mass is 9.98. The van der Waals surface area contributed by atoms with E-state index >= 15 is 0 Å². The van der Waals surface area contributed by atoms with Crippen molar-refractivity contribution in [2.45, 2.75) is 6.92 Å². The molecule has 0 saturated heterocycles. The number of nitrogens with zero attached hydrogens (tertiary/aromatic N) is 3. The second-order valence-corrected chi connectivity index (χ2v) is 7.58. The van der Waals surface area contributed by atoms with Crippen molar-refractivity contribution in [1.82, 2.24) is 19.6 Å². The second kappa shape index (κ2) is 6.93. The molecule has 5 rings (SSSR count). The van der Waals surface area contributed by atoms with Crippen molar-refractivity contribution in [3.63, 3.8) is 0 Å². The van der Waals surface area contributed by atoms with Gasteiger partial charge in [0.25, 0.3) is 5.56 Å². The van der Waals surface area contributed by atoms with Crippen LogP contribution in [0, 0.1) is 12.7 Å². The third-order valence-electron chi connectivity index (χ3n) is 5.03. The molecule has 0 aliphatic heterocycles. The first kappa shape index (κ1) is 18.8. The van der Waals surface area contributed by atoms with Gasteiger partial charge in [0, 0.05) is 17.2 Å². The van der Waals surface area contributed by atoms with E-state index in [1.54, 1.807) is 0 Å². The molecule has 148 valence electrons. The number of hydrogen-bond acceptors (Lipinski definition) is 3. The molecular weight excluding hydrogens is 426 g/mol. The lowest BCUT2D eigenvalue weighted by molar-refractivity contribution is 0.622. The Morgan fingerprint density at radius 1 is 1.00 bits per heavy atom. The summed E-state index contributed by atoms with van der Waals surface area (Å²) in [5.41, 5.74) is 3.06. The lowest BCUT2D eigenvalue weighted by Crippen LogP contribution is -2.14. The van der Waals surface area contributed by atoms with Crippen LogP contribution in [0.4, 0.5) is 4.39 Å². The van der Waals surface area contributed by atoms with Gasteiger partial charge >= 0.3 is 0 Å². The number of halogens is 3. The minimum absolute atomic E-state index is 0.00986. The molecular formula is C22H13Cl2FN4O. The van der Waals surface area contributed by atoms with Gasteiger partial charge in [-0.05, 0) is 29.3 Å². The first-order chi connectivity index (χ1) is 14.4. The van der Waals surface area contributed by atoms with Crippen molar-refractivity contribution < 1.29 is 4.39 Å². The average molecular weight is 439 g/mol. The van der Waals surface area contributed by atoms with Crippen molar-refractivity contribution in [3.05, 3.63) is 86.8 Å². The fourth-order valence-corrected chi connectivity index (χ4v) is 4.12. The van der Waals surface area contributed by atoms with Gasteiger partial charge < -0.3 is 4.98 Å². The largest absolute Gasteiger partial charge is 0.339 e. The molecule has 0 radical (unpaired) electrons. The molecule has 0 aliphatic rings. The van der Waals surface area contributed by atoms with E-state index < -0.39 is 5.82 Å². The van der Waals surface area contributed by atoms with Gasteiger partial charge in [-0.15, -0.1) is 0 Å². The van der Waals surface area contributed by atoms with E-state index in [1.807, 2.05) is 49.4 Å². The summed E-state index contributed by atoms with van der Waals surface area (Å²) in [6.45, 7) is 1.84. The van der Waals surface area contributed by atoms with E-state index in [1.165, 1.54) is 10.6 Å². The van der Waals surface area contributed by atoms with Crippen LogP contribution in [0.2, 0.25) is 10.3 Å². The van der Waals surface area contributed by atoms with Crippen LogP contribution >= 0.6 is 23.2 Å². The first-order valence-corrected chi connectivity index (χ1v) is 9.82. The summed E-state index contributed by atoms with van der Waals surface area (Å²) in [6, 6.07) is 16.4. The maximum Gasteiger partial charge on any atom is 0.274 e. The van der Waals surface area contributed by atoms with Crippen LogP contribution < -0.4 is 5.56 Å². The third-order valence-corrected chi connectivity index (χ3v) is 5.58. The number of aromatic nitrogens is 4. The van der Waals surface area contributed by atoms with Crippen molar-refractivity contribution in [3.8, 4) is 22.4 Å². The standard InChI is InChI=1S/C22H13Cl2FN4O/c1-11-19(14-8-4-6-12-5-2-3-7-13(12)14)22-26-17(10-18(30)29(22)28-11)15-9-16(25)21(24)27-20(15)23/h2-10,26H,1H3. The lowest BCUT2D eigenvalue weighted by Gasteiger charge is -2.09. The van der Waals surface area contributed by atoms with E-state index in [2.05, 4.69) is 15.1 Å². The highest BCUT2D eigenvalue weighted by atomic mass is 35.5.